The molecular formula is C12H12N4O3. The number of benzene rings is 1. The molecule has 2 rings (SSSR count). The second-order valence-electron chi connectivity index (χ2n) is 3.74. The number of hydrogen-bond acceptors (Lipinski definition) is 5. The summed E-state index contributed by atoms with van der Waals surface area (Å²) >= 11 is 0. The molecule has 0 saturated carbocycles. The molecule has 0 fully saturated rings. The Hall–Kier alpha value is -2.70. The molecule has 0 atom stereocenters. The van der Waals surface area contributed by atoms with E-state index in [4.69, 9.17) is 0 Å². The maximum Gasteiger partial charge on any atom is 0.339 e. The van der Waals surface area contributed by atoms with Gasteiger partial charge in [0.25, 0.3) is 5.91 Å². The van der Waals surface area contributed by atoms with Gasteiger partial charge in [0.2, 0.25) is 5.82 Å². The highest BCUT2D eigenvalue weighted by Gasteiger charge is 2.16. The molecule has 0 aliphatic rings. The molecule has 0 bridgehead atoms. The fourth-order valence-corrected chi connectivity index (χ4v) is 1.50. The Morgan fingerprint density at radius 3 is 2.68 bits per heavy atom. The minimum atomic E-state index is -0.526. The first-order chi connectivity index (χ1) is 9.11. The van der Waals surface area contributed by atoms with Crippen molar-refractivity contribution in [2.45, 2.75) is 6.92 Å². The largest absolute Gasteiger partial charge is 0.465 e. The van der Waals surface area contributed by atoms with Gasteiger partial charge in [0.15, 0.2) is 0 Å². The number of aryl methyl sites for hydroxylation is 1. The molecular weight excluding hydrogens is 248 g/mol. The van der Waals surface area contributed by atoms with Gasteiger partial charge in [0.1, 0.15) is 5.82 Å². The van der Waals surface area contributed by atoms with E-state index in [9.17, 15) is 9.59 Å². The third-order valence-corrected chi connectivity index (χ3v) is 2.38. The van der Waals surface area contributed by atoms with Crippen LogP contribution in [0.2, 0.25) is 0 Å². The number of rotatable bonds is 3. The normalized spacial score (nSPS) is 10.0. The fraction of sp³-hybridized carbons (Fsp3) is 0.167. The van der Waals surface area contributed by atoms with Crippen molar-refractivity contribution in [2.24, 2.45) is 0 Å². The first-order valence-electron chi connectivity index (χ1n) is 5.49. The molecule has 0 aliphatic carbocycles. The molecule has 2 aromatic rings. The van der Waals surface area contributed by atoms with Crippen molar-refractivity contribution in [2.75, 3.05) is 12.4 Å². The van der Waals surface area contributed by atoms with Gasteiger partial charge in [-0.25, -0.2) is 9.78 Å². The number of hydrogen-bond donors (Lipinski definition) is 2. The van der Waals surface area contributed by atoms with E-state index in [0.29, 0.717) is 11.5 Å². The smallest absolute Gasteiger partial charge is 0.339 e. The van der Waals surface area contributed by atoms with Crippen LogP contribution in [0.15, 0.2) is 24.3 Å². The Morgan fingerprint density at radius 2 is 2.05 bits per heavy atom. The zero-order valence-corrected chi connectivity index (χ0v) is 10.4. The third kappa shape index (κ3) is 2.76. The van der Waals surface area contributed by atoms with Crippen molar-refractivity contribution in [3.05, 3.63) is 41.5 Å². The van der Waals surface area contributed by atoms with Crippen LogP contribution in [0.25, 0.3) is 0 Å². The van der Waals surface area contributed by atoms with E-state index in [-0.39, 0.29) is 11.4 Å². The maximum absolute atomic E-state index is 11.9. The first-order valence-corrected chi connectivity index (χ1v) is 5.49. The lowest BCUT2D eigenvalue weighted by Gasteiger charge is -2.07. The van der Waals surface area contributed by atoms with Crippen molar-refractivity contribution >= 4 is 17.6 Å². The molecule has 0 saturated heterocycles. The van der Waals surface area contributed by atoms with Gasteiger partial charge in [-0.2, -0.15) is 0 Å². The summed E-state index contributed by atoms with van der Waals surface area (Å²) in [6.07, 6.45) is 0. The summed E-state index contributed by atoms with van der Waals surface area (Å²) in [6.45, 7) is 1.69. The molecule has 0 unspecified atom stereocenters. The average Bonchev–Trinajstić information content (AvgIpc) is 2.85. The van der Waals surface area contributed by atoms with Gasteiger partial charge in [-0.05, 0) is 19.1 Å². The van der Waals surface area contributed by atoms with Crippen LogP contribution >= 0.6 is 0 Å². The molecule has 98 valence electrons. The van der Waals surface area contributed by atoms with Crippen LogP contribution in [0.1, 0.15) is 26.8 Å². The van der Waals surface area contributed by atoms with Gasteiger partial charge in [-0.15, -0.1) is 5.10 Å². The quantitative estimate of drug-likeness (QED) is 0.807. The molecule has 0 aliphatic heterocycles. The average molecular weight is 260 g/mol. The van der Waals surface area contributed by atoms with Crippen LogP contribution < -0.4 is 5.32 Å². The highest BCUT2D eigenvalue weighted by molar-refractivity contribution is 6.06. The van der Waals surface area contributed by atoms with Gasteiger partial charge in [-0.1, -0.05) is 12.1 Å². The van der Waals surface area contributed by atoms with E-state index in [1.165, 1.54) is 7.11 Å². The van der Waals surface area contributed by atoms with E-state index in [1.807, 2.05) is 0 Å². The summed E-state index contributed by atoms with van der Waals surface area (Å²) in [5.41, 5.74) is 0.618. The van der Waals surface area contributed by atoms with Gasteiger partial charge in [-0.3, -0.25) is 9.89 Å². The molecule has 0 spiro atoms. The molecule has 7 nitrogen and oxygen atoms in total. The van der Waals surface area contributed by atoms with Gasteiger partial charge >= 0.3 is 5.97 Å². The molecule has 1 aromatic carbocycles. The standard InChI is InChI=1S/C12H12N4O3/c1-7-13-10(16-15-7)11(17)14-9-6-4-3-5-8(9)12(18)19-2/h3-6H,1-2H3,(H,14,17)(H,13,15,16). The van der Waals surface area contributed by atoms with Crippen LogP contribution in [0, 0.1) is 6.92 Å². The summed E-state index contributed by atoms with van der Waals surface area (Å²) in [5.74, 6) is -0.480. The number of nitrogens with zero attached hydrogens (tertiary/aromatic N) is 2. The summed E-state index contributed by atoms with van der Waals surface area (Å²) in [6, 6.07) is 6.54. The minimum absolute atomic E-state index is 0.0113. The summed E-state index contributed by atoms with van der Waals surface area (Å²) < 4.78 is 4.64. The number of carbonyl (C=O) groups is 2. The SMILES string of the molecule is COC(=O)c1ccccc1NC(=O)c1n[nH]c(C)n1. The molecule has 1 amide bonds. The van der Waals surface area contributed by atoms with E-state index >= 15 is 0 Å². The van der Waals surface area contributed by atoms with E-state index in [1.54, 1.807) is 31.2 Å². The van der Waals surface area contributed by atoms with Crippen LogP contribution in [0.3, 0.4) is 0 Å². The number of aromatic amines is 1. The van der Waals surface area contributed by atoms with Crippen molar-refractivity contribution in [1.82, 2.24) is 15.2 Å². The number of carbonyl (C=O) groups excluding carboxylic acids is 2. The van der Waals surface area contributed by atoms with Crippen LogP contribution in [-0.4, -0.2) is 34.2 Å². The Balaban J connectivity index is 2.24. The lowest BCUT2D eigenvalue weighted by Crippen LogP contribution is -2.16. The molecule has 2 N–H and O–H groups in total. The number of ether oxygens (including phenoxy) is 1. The fourth-order valence-electron chi connectivity index (χ4n) is 1.50. The third-order valence-electron chi connectivity index (χ3n) is 2.38. The van der Waals surface area contributed by atoms with E-state index in [2.05, 4.69) is 25.2 Å². The van der Waals surface area contributed by atoms with Gasteiger partial charge < -0.3 is 10.1 Å². The van der Waals surface area contributed by atoms with Crippen molar-refractivity contribution in [1.29, 1.82) is 0 Å². The maximum atomic E-state index is 11.9. The zero-order chi connectivity index (χ0) is 13.8. The highest BCUT2D eigenvalue weighted by atomic mass is 16.5. The molecule has 19 heavy (non-hydrogen) atoms. The second-order valence-corrected chi connectivity index (χ2v) is 3.74. The number of esters is 1. The summed E-state index contributed by atoms with van der Waals surface area (Å²) in [7, 11) is 1.28. The van der Waals surface area contributed by atoms with Crippen LogP contribution in [0.5, 0.6) is 0 Å². The van der Waals surface area contributed by atoms with Gasteiger partial charge in [0, 0.05) is 0 Å². The van der Waals surface area contributed by atoms with Crippen LogP contribution in [-0.2, 0) is 4.74 Å². The molecule has 1 aromatic heterocycles. The second kappa shape index (κ2) is 5.30. The Kier molecular flexibility index (Phi) is 3.56. The number of H-pyrrole nitrogens is 1. The monoisotopic (exact) mass is 260 g/mol. The van der Waals surface area contributed by atoms with E-state index < -0.39 is 11.9 Å². The van der Waals surface area contributed by atoms with Crippen molar-refractivity contribution in [3.63, 3.8) is 0 Å². The highest BCUT2D eigenvalue weighted by Crippen LogP contribution is 2.16. The van der Waals surface area contributed by atoms with Crippen LogP contribution in [0.4, 0.5) is 5.69 Å². The Labute approximate surface area is 109 Å². The topological polar surface area (TPSA) is 97.0 Å². The molecule has 1 heterocycles. The van der Waals surface area contributed by atoms with Crippen molar-refractivity contribution < 1.29 is 14.3 Å². The van der Waals surface area contributed by atoms with E-state index in [0.717, 1.165) is 0 Å². The molecule has 0 radical (unpaired) electrons. The lowest BCUT2D eigenvalue weighted by atomic mass is 10.2. The number of aromatic nitrogens is 3. The number of nitrogens with one attached hydrogen (secondary N) is 2. The summed E-state index contributed by atoms with van der Waals surface area (Å²) in [5, 5.41) is 8.88. The van der Waals surface area contributed by atoms with Crippen molar-refractivity contribution in [3.8, 4) is 0 Å². The number of anilines is 1. The Morgan fingerprint density at radius 1 is 1.32 bits per heavy atom. The minimum Gasteiger partial charge on any atom is -0.465 e. The lowest BCUT2D eigenvalue weighted by molar-refractivity contribution is 0.0602. The predicted octanol–water partition coefficient (Wildman–Crippen LogP) is 1.15. The Bertz CT molecular complexity index is 621. The summed E-state index contributed by atoms with van der Waals surface area (Å²) in [4.78, 5) is 27.3. The zero-order valence-electron chi connectivity index (χ0n) is 10.4. The predicted molar refractivity (Wildman–Crippen MR) is 66.9 cm³/mol. The van der Waals surface area contributed by atoms with Gasteiger partial charge in [0.05, 0.1) is 18.4 Å². The number of para-hydroxylation sites is 1. The molecule has 7 heteroatoms. The first kappa shape index (κ1) is 12.7. The number of amides is 1. The number of methoxy groups -OCH3 is 1.